The molecular formula is C24H34N8O4. The van der Waals surface area contributed by atoms with Crippen LogP contribution in [0.5, 0.6) is 0 Å². The Morgan fingerprint density at radius 2 is 1.97 bits per heavy atom. The van der Waals surface area contributed by atoms with Gasteiger partial charge >= 0.3 is 12.1 Å². The maximum absolute atomic E-state index is 12.8. The molecule has 0 unspecified atom stereocenters. The Balaban J connectivity index is 1.68. The molecule has 0 bridgehead atoms. The first-order valence-electron chi connectivity index (χ1n) is 12.0. The Morgan fingerprint density at radius 1 is 1.25 bits per heavy atom. The molecule has 36 heavy (non-hydrogen) atoms. The van der Waals surface area contributed by atoms with Gasteiger partial charge in [0.25, 0.3) is 0 Å². The maximum atomic E-state index is 12.8. The molecular weight excluding hydrogens is 464 g/mol. The third kappa shape index (κ3) is 6.41. The number of ether oxygens (including phenoxy) is 1. The van der Waals surface area contributed by atoms with E-state index in [1.807, 2.05) is 18.0 Å². The predicted octanol–water partition coefficient (Wildman–Crippen LogP) is 2.10. The van der Waals surface area contributed by atoms with Gasteiger partial charge in [0.1, 0.15) is 24.2 Å². The van der Waals surface area contributed by atoms with Crippen molar-refractivity contribution in [1.29, 1.82) is 5.26 Å². The SMILES string of the molecule is C[C@@H]1CCN(C(=O)CC#N)C[C@@H]1N(C)c1ncnc2c1ccn2C(=O)NCCNC(=O)OC(C)(C)C. The number of rotatable bonds is 6. The topological polar surface area (TPSA) is 145 Å². The van der Waals surface area contributed by atoms with Crippen molar-refractivity contribution in [2.45, 2.75) is 52.2 Å². The minimum absolute atomic E-state index is 0.00408. The van der Waals surface area contributed by atoms with E-state index in [0.717, 1.165) is 6.42 Å². The highest BCUT2D eigenvalue weighted by atomic mass is 16.6. The molecule has 3 amide bonds. The molecule has 2 aromatic rings. The van der Waals surface area contributed by atoms with E-state index in [1.54, 1.807) is 37.9 Å². The summed E-state index contributed by atoms with van der Waals surface area (Å²) < 4.78 is 6.57. The van der Waals surface area contributed by atoms with Crippen LogP contribution in [0.3, 0.4) is 0 Å². The van der Waals surface area contributed by atoms with E-state index in [1.165, 1.54) is 10.9 Å². The molecule has 1 aliphatic heterocycles. The van der Waals surface area contributed by atoms with Crippen LogP contribution in [0.1, 0.15) is 40.5 Å². The van der Waals surface area contributed by atoms with Gasteiger partial charge in [-0.3, -0.25) is 9.36 Å². The minimum Gasteiger partial charge on any atom is -0.444 e. The molecule has 2 N–H and O–H groups in total. The highest BCUT2D eigenvalue weighted by molar-refractivity contribution is 5.94. The molecule has 1 fully saturated rings. The zero-order chi connectivity index (χ0) is 26.5. The fourth-order valence-electron chi connectivity index (χ4n) is 4.23. The number of fused-ring (bicyclic) bond motifs is 1. The van der Waals surface area contributed by atoms with Crippen LogP contribution in [-0.2, 0) is 9.53 Å². The van der Waals surface area contributed by atoms with Crippen LogP contribution >= 0.6 is 0 Å². The molecule has 0 spiro atoms. The number of carbonyl (C=O) groups excluding carboxylic acids is 3. The second-order valence-corrected chi connectivity index (χ2v) is 9.90. The van der Waals surface area contributed by atoms with Gasteiger partial charge in [0.05, 0.1) is 17.5 Å². The first-order valence-corrected chi connectivity index (χ1v) is 12.0. The molecule has 1 aliphatic rings. The smallest absolute Gasteiger partial charge is 0.407 e. The summed E-state index contributed by atoms with van der Waals surface area (Å²) in [5, 5.41) is 14.9. The molecule has 12 nitrogen and oxygen atoms in total. The van der Waals surface area contributed by atoms with E-state index in [-0.39, 0.29) is 37.5 Å². The summed E-state index contributed by atoms with van der Waals surface area (Å²) in [5.41, 5.74) is -0.146. The predicted molar refractivity (Wildman–Crippen MR) is 133 cm³/mol. The Hall–Kier alpha value is -3.88. The molecule has 2 atom stereocenters. The van der Waals surface area contributed by atoms with Gasteiger partial charge in [0, 0.05) is 39.4 Å². The van der Waals surface area contributed by atoms with Gasteiger partial charge in [-0.15, -0.1) is 0 Å². The van der Waals surface area contributed by atoms with Crippen molar-refractivity contribution >= 4 is 34.9 Å². The molecule has 2 aromatic heterocycles. The van der Waals surface area contributed by atoms with Crippen molar-refractivity contribution in [3.8, 4) is 6.07 Å². The molecule has 3 rings (SSSR count). The van der Waals surface area contributed by atoms with Crippen molar-refractivity contribution in [1.82, 2.24) is 30.1 Å². The van der Waals surface area contributed by atoms with Crippen LogP contribution in [0, 0.1) is 17.2 Å². The van der Waals surface area contributed by atoms with Crippen LogP contribution in [0.25, 0.3) is 11.0 Å². The van der Waals surface area contributed by atoms with E-state index in [2.05, 4.69) is 27.5 Å². The number of alkyl carbamates (subject to hydrolysis) is 1. The second-order valence-electron chi connectivity index (χ2n) is 9.90. The lowest BCUT2D eigenvalue weighted by Gasteiger charge is -2.42. The monoisotopic (exact) mass is 498 g/mol. The average molecular weight is 499 g/mol. The van der Waals surface area contributed by atoms with Crippen LogP contribution in [0.4, 0.5) is 15.4 Å². The lowest BCUT2D eigenvalue weighted by Crippen LogP contribution is -2.52. The standard InChI is InChI=1S/C24H34N8O4/c1-16-7-12-31(19(33)6-9-25)14-18(16)30(5)20-17-8-13-32(21(17)29-15-28-20)22(34)26-10-11-27-23(35)36-24(2,3)4/h8,13,15-16,18H,6-7,10-12,14H2,1-5H3,(H,26,34)(H,27,35)/t16-,18+/m1/s1. The Bertz CT molecular complexity index is 1150. The van der Waals surface area contributed by atoms with Gasteiger partial charge in [-0.05, 0) is 39.2 Å². The van der Waals surface area contributed by atoms with Crippen molar-refractivity contribution < 1.29 is 19.1 Å². The van der Waals surface area contributed by atoms with Crippen LogP contribution in [0.15, 0.2) is 18.6 Å². The Kier molecular flexibility index (Phi) is 8.34. The number of amides is 3. The number of nitrogens with zero attached hydrogens (tertiary/aromatic N) is 6. The normalized spacial score (nSPS) is 17.8. The summed E-state index contributed by atoms with van der Waals surface area (Å²) in [6.45, 7) is 9.01. The van der Waals surface area contributed by atoms with Crippen molar-refractivity contribution in [3.63, 3.8) is 0 Å². The summed E-state index contributed by atoms with van der Waals surface area (Å²) in [6, 6.07) is 3.32. The quantitative estimate of drug-likeness (QED) is 0.576. The highest BCUT2D eigenvalue weighted by Gasteiger charge is 2.33. The zero-order valence-corrected chi connectivity index (χ0v) is 21.4. The summed E-state index contributed by atoms with van der Waals surface area (Å²) in [7, 11) is 1.92. The number of hydrogen-bond acceptors (Lipinski definition) is 8. The lowest BCUT2D eigenvalue weighted by atomic mass is 9.92. The summed E-state index contributed by atoms with van der Waals surface area (Å²) in [6.07, 6.45) is 3.18. The summed E-state index contributed by atoms with van der Waals surface area (Å²) >= 11 is 0. The van der Waals surface area contributed by atoms with Crippen LogP contribution in [0.2, 0.25) is 0 Å². The Morgan fingerprint density at radius 3 is 2.67 bits per heavy atom. The average Bonchev–Trinajstić information content (AvgIpc) is 3.25. The van der Waals surface area contributed by atoms with E-state index in [4.69, 9.17) is 10.00 Å². The number of aromatic nitrogens is 3. The molecule has 3 heterocycles. The van der Waals surface area contributed by atoms with Crippen LogP contribution < -0.4 is 15.5 Å². The number of carbonyl (C=O) groups is 3. The fraction of sp³-hybridized carbons (Fsp3) is 0.583. The number of nitriles is 1. The molecule has 0 aromatic carbocycles. The molecule has 1 saturated heterocycles. The summed E-state index contributed by atoms with van der Waals surface area (Å²) in [5.74, 6) is 0.790. The number of likely N-dealkylation sites (tertiary alicyclic amines) is 1. The number of nitrogens with one attached hydrogen (secondary N) is 2. The molecule has 12 heteroatoms. The number of hydrogen-bond donors (Lipinski definition) is 2. The molecule has 0 aliphatic carbocycles. The highest BCUT2D eigenvalue weighted by Crippen LogP contribution is 2.29. The van der Waals surface area contributed by atoms with Gasteiger partial charge in [-0.25, -0.2) is 19.6 Å². The van der Waals surface area contributed by atoms with Gasteiger partial charge < -0.3 is 25.2 Å². The fourth-order valence-corrected chi connectivity index (χ4v) is 4.23. The van der Waals surface area contributed by atoms with Crippen LogP contribution in [-0.4, -0.2) is 82.3 Å². The maximum Gasteiger partial charge on any atom is 0.407 e. The Labute approximate surface area is 210 Å². The molecule has 194 valence electrons. The van der Waals surface area contributed by atoms with Gasteiger partial charge in [-0.1, -0.05) is 6.92 Å². The third-order valence-electron chi connectivity index (χ3n) is 6.08. The second kappa shape index (κ2) is 11.2. The molecule has 0 radical (unpaired) electrons. The largest absolute Gasteiger partial charge is 0.444 e. The van der Waals surface area contributed by atoms with Gasteiger partial charge in [0.2, 0.25) is 5.91 Å². The first kappa shape index (κ1) is 26.7. The van der Waals surface area contributed by atoms with Crippen molar-refractivity contribution in [2.75, 3.05) is 38.1 Å². The van der Waals surface area contributed by atoms with Gasteiger partial charge in [-0.2, -0.15) is 5.26 Å². The van der Waals surface area contributed by atoms with Gasteiger partial charge in [0.15, 0.2) is 5.65 Å². The lowest BCUT2D eigenvalue weighted by molar-refractivity contribution is -0.131. The number of anilines is 1. The third-order valence-corrected chi connectivity index (χ3v) is 6.08. The first-order chi connectivity index (χ1) is 17.0. The number of likely N-dealkylation sites (N-methyl/N-ethyl adjacent to an activating group) is 1. The summed E-state index contributed by atoms with van der Waals surface area (Å²) in [4.78, 5) is 49.3. The van der Waals surface area contributed by atoms with Crippen molar-refractivity contribution in [3.05, 3.63) is 18.6 Å². The van der Waals surface area contributed by atoms with Crippen molar-refractivity contribution in [2.24, 2.45) is 5.92 Å². The minimum atomic E-state index is -0.595. The van der Waals surface area contributed by atoms with E-state index in [9.17, 15) is 14.4 Å². The van der Waals surface area contributed by atoms with E-state index >= 15 is 0 Å². The molecule has 0 saturated carbocycles. The zero-order valence-electron chi connectivity index (χ0n) is 21.4. The number of piperidine rings is 1. The van der Waals surface area contributed by atoms with E-state index in [0.29, 0.717) is 35.9 Å². The van der Waals surface area contributed by atoms with E-state index < -0.39 is 11.7 Å².